The Morgan fingerprint density at radius 1 is 1.50 bits per heavy atom. The van der Waals surface area contributed by atoms with E-state index in [1.807, 2.05) is 38.1 Å². The number of aryl methyl sites for hydroxylation is 1. The van der Waals surface area contributed by atoms with Crippen LogP contribution in [0.1, 0.15) is 18.9 Å². The van der Waals surface area contributed by atoms with Gasteiger partial charge in [0.15, 0.2) is 0 Å². The van der Waals surface area contributed by atoms with Crippen LogP contribution in [0.4, 0.5) is 5.69 Å². The zero-order chi connectivity index (χ0) is 11.7. The minimum Gasteiger partial charge on any atom is -0.308 e. The first-order chi connectivity index (χ1) is 7.63. The van der Waals surface area contributed by atoms with E-state index in [1.165, 1.54) is 0 Å². The Morgan fingerprint density at radius 3 is 2.81 bits per heavy atom. The van der Waals surface area contributed by atoms with Gasteiger partial charge in [0, 0.05) is 12.1 Å². The number of hydrogen-bond acceptors (Lipinski definition) is 2. The molecular weight excluding hydrogens is 200 g/mol. The predicted molar refractivity (Wildman–Crippen MR) is 61.8 cm³/mol. The van der Waals surface area contributed by atoms with Crippen LogP contribution in [0.25, 0.3) is 0 Å². The van der Waals surface area contributed by atoms with Gasteiger partial charge in [0.1, 0.15) is 0 Å². The van der Waals surface area contributed by atoms with E-state index in [4.69, 9.17) is 5.26 Å². The average Bonchev–Trinajstić information content (AvgIpc) is 2.53. The van der Waals surface area contributed by atoms with Gasteiger partial charge in [0.2, 0.25) is 5.91 Å². The average molecular weight is 214 g/mol. The van der Waals surface area contributed by atoms with Gasteiger partial charge < -0.3 is 4.90 Å². The van der Waals surface area contributed by atoms with Crippen molar-refractivity contribution in [3.63, 3.8) is 0 Å². The van der Waals surface area contributed by atoms with E-state index < -0.39 is 0 Å². The minimum atomic E-state index is -0.187. The second-order valence-corrected chi connectivity index (χ2v) is 4.28. The number of anilines is 1. The van der Waals surface area contributed by atoms with E-state index in [0.717, 1.165) is 11.3 Å². The molecule has 0 aromatic heterocycles. The van der Waals surface area contributed by atoms with Gasteiger partial charge in [-0.1, -0.05) is 12.1 Å². The van der Waals surface area contributed by atoms with Gasteiger partial charge in [0.25, 0.3) is 0 Å². The molecule has 0 N–H and O–H groups in total. The number of rotatable bonds is 1. The van der Waals surface area contributed by atoms with Crippen LogP contribution in [0.15, 0.2) is 24.3 Å². The van der Waals surface area contributed by atoms with Crippen LogP contribution < -0.4 is 4.90 Å². The van der Waals surface area contributed by atoms with Gasteiger partial charge in [0.05, 0.1) is 18.0 Å². The Bertz CT molecular complexity index is 461. The summed E-state index contributed by atoms with van der Waals surface area (Å²) in [4.78, 5) is 13.6. The number of nitriles is 1. The lowest BCUT2D eigenvalue weighted by atomic mass is 10.0. The molecule has 16 heavy (non-hydrogen) atoms. The molecule has 1 aliphatic heterocycles. The highest BCUT2D eigenvalue weighted by molar-refractivity contribution is 5.97. The first-order valence-electron chi connectivity index (χ1n) is 5.42. The van der Waals surface area contributed by atoms with Crippen molar-refractivity contribution in [1.29, 1.82) is 5.26 Å². The lowest BCUT2D eigenvalue weighted by molar-refractivity contribution is -0.117. The topological polar surface area (TPSA) is 44.1 Å². The Morgan fingerprint density at radius 2 is 2.25 bits per heavy atom. The summed E-state index contributed by atoms with van der Waals surface area (Å²) in [6.07, 6.45) is 0.339. The van der Waals surface area contributed by atoms with E-state index in [0.29, 0.717) is 6.42 Å². The fourth-order valence-corrected chi connectivity index (χ4v) is 2.17. The quantitative estimate of drug-likeness (QED) is 0.719. The summed E-state index contributed by atoms with van der Waals surface area (Å²) in [7, 11) is 0. The third-order valence-electron chi connectivity index (χ3n) is 3.10. The Hall–Kier alpha value is -1.82. The first-order valence-corrected chi connectivity index (χ1v) is 5.42. The molecule has 82 valence electrons. The number of hydrogen-bond donors (Lipinski definition) is 0. The van der Waals surface area contributed by atoms with Crippen LogP contribution in [0.5, 0.6) is 0 Å². The summed E-state index contributed by atoms with van der Waals surface area (Å²) in [5.74, 6) is -0.141. The minimum absolute atomic E-state index is 0.0284. The van der Waals surface area contributed by atoms with Crippen molar-refractivity contribution in [3.05, 3.63) is 29.8 Å². The maximum Gasteiger partial charge on any atom is 0.228 e. The summed E-state index contributed by atoms with van der Waals surface area (Å²) in [6.45, 7) is 3.93. The number of benzene rings is 1. The van der Waals surface area contributed by atoms with Gasteiger partial charge in [-0.2, -0.15) is 5.26 Å². The smallest absolute Gasteiger partial charge is 0.228 e. The summed E-state index contributed by atoms with van der Waals surface area (Å²) in [5.41, 5.74) is 2.02. The summed E-state index contributed by atoms with van der Waals surface area (Å²) < 4.78 is 0. The predicted octanol–water partition coefficient (Wildman–Crippen LogP) is 2.26. The zero-order valence-corrected chi connectivity index (χ0v) is 9.47. The molecule has 1 aromatic rings. The van der Waals surface area contributed by atoms with Crippen molar-refractivity contribution < 1.29 is 4.79 Å². The molecule has 1 amide bonds. The fourth-order valence-electron chi connectivity index (χ4n) is 2.17. The molecule has 3 heteroatoms. The largest absolute Gasteiger partial charge is 0.308 e. The summed E-state index contributed by atoms with van der Waals surface area (Å²) in [5, 5.41) is 8.94. The summed E-state index contributed by atoms with van der Waals surface area (Å²) in [6, 6.07) is 10.00. The van der Waals surface area contributed by atoms with Crippen LogP contribution >= 0.6 is 0 Å². The molecule has 0 spiro atoms. The third kappa shape index (κ3) is 1.67. The van der Waals surface area contributed by atoms with Crippen molar-refractivity contribution in [2.45, 2.75) is 26.3 Å². The standard InChI is InChI=1S/C13H14N2O/c1-9-4-3-5-12(6-9)15-10(2)11(8-14)7-13(15)16/h3-6,10-11H,7H2,1-2H3. The van der Waals surface area contributed by atoms with E-state index in [1.54, 1.807) is 4.90 Å². The number of carbonyl (C=O) groups is 1. The van der Waals surface area contributed by atoms with Crippen molar-refractivity contribution in [2.75, 3.05) is 4.90 Å². The van der Waals surface area contributed by atoms with Crippen molar-refractivity contribution >= 4 is 11.6 Å². The molecule has 2 unspecified atom stereocenters. The second-order valence-electron chi connectivity index (χ2n) is 4.28. The van der Waals surface area contributed by atoms with Crippen molar-refractivity contribution in [1.82, 2.24) is 0 Å². The molecule has 0 saturated carbocycles. The third-order valence-corrected chi connectivity index (χ3v) is 3.10. The van der Waals surface area contributed by atoms with Gasteiger partial charge in [-0.05, 0) is 31.5 Å². The highest BCUT2D eigenvalue weighted by Gasteiger charge is 2.37. The summed E-state index contributed by atoms with van der Waals surface area (Å²) >= 11 is 0. The molecule has 1 heterocycles. The molecule has 0 radical (unpaired) electrons. The molecule has 1 saturated heterocycles. The van der Waals surface area contributed by atoms with Crippen LogP contribution in [-0.2, 0) is 4.79 Å². The zero-order valence-electron chi connectivity index (χ0n) is 9.47. The van der Waals surface area contributed by atoms with E-state index in [2.05, 4.69) is 6.07 Å². The van der Waals surface area contributed by atoms with Gasteiger partial charge in [-0.25, -0.2) is 0 Å². The van der Waals surface area contributed by atoms with Crippen LogP contribution in [0.2, 0.25) is 0 Å². The Kier molecular flexibility index (Phi) is 2.66. The van der Waals surface area contributed by atoms with E-state index in [-0.39, 0.29) is 17.9 Å². The van der Waals surface area contributed by atoms with Crippen LogP contribution in [-0.4, -0.2) is 11.9 Å². The maximum atomic E-state index is 11.8. The van der Waals surface area contributed by atoms with E-state index >= 15 is 0 Å². The molecule has 3 nitrogen and oxygen atoms in total. The molecule has 1 aliphatic rings. The highest BCUT2D eigenvalue weighted by Crippen LogP contribution is 2.30. The molecule has 1 aromatic carbocycles. The van der Waals surface area contributed by atoms with Gasteiger partial charge >= 0.3 is 0 Å². The van der Waals surface area contributed by atoms with Gasteiger partial charge in [-0.15, -0.1) is 0 Å². The van der Waals surface area contributed by atoms with Crippen molar-refractivity contribution in [3.8, 4) is 6.07 Å². The monoisotopic (exact) mass is 214 g/mol. The second kappa shape index (κ2) is 3.97. The lowest BCUT2D eigenvalue weighted by Gasteiger charge is -2.23. The molecule has 2 rings (SSSR count). The Labute approximate surface area is 95.3 Å². The SMILES string of the molecule is Cc1cccc(N2C(=O)CC(C#N)C2C)c1. The number of amides is 1. The molecule has 2 atom stereocenters. The number of carbonyl (C=O) groups excluding carboxylic acids is 1. The van der Waals surface area contributed by atoms with Gasteiger partial charge in [-0.3, -0.25) is 4.79 Å². The molecule has 0 bridgehead atoms. The van der Waals surface area contributed by atoms with E-state index in [9.17, 15) is 4.79 Å². The normalized spacial score (nSPS) is 24.6. The lowest BCUT2D eigenvalue weighted by Crippen LogP contribution is -2.32. The Balaban J connectivity index is 2.35. The first kappa shape index (κ1) is 10.7. The molecular formula is C13H14N2O. The van der Waals surface area contributed by atoms with Crippen LogP contribution in [0.3, 0.4) is 0 Å². The highest BCUT2D eigenvalue weighted by atomic mass is 16.2. The number of nitrogens with zero attached hydrogens (tertiary/aromatic N) is 2. The van der Waals surface area contributed by atoms with Crippen molar-refractivity contribution in [2.24, 2.45) is 5.92 Å². The molecule has 0 aliphatic carbocycles. The fraction of sp³-hybridized carbons (Fsp3) is 0.385. The van der Waals surface area contributed by atoms with Crippen LogP contribution in [0, 0.1) is 24.2 Å². The molecule has 1 fully saturated rings. The maximum absolute atomic E-state index is 11.8.